The van der Waals surface area contributed by atoms with Crippen molar-refractivity contribution in [3.63, 3.8) is 0 Å². The minimum Gasteiger partial charge on any atom is -0.356 e. The number of rotatable bonds is 3. The molecule has 3 nitrogen and oxygen atoms in total. The first-order chi connectivity index (χ1) is 11.1. The first kappa shape index (κ1) is 19.4. The molecule has 2 fully saturated rings. The normalized spacial score (nSPS) is 19.6. The van der Waals surface area contributed by atoms with Crippen LogP contribution in [0.4, 0.5) is 8.78 Å². The molecule has 1 aromatic rings. The van der Waals surface area contributed by atoms with E-state index in [0.717, 1.165) is 19.0 Å². The standard InChI is InChI=1S/C18H25F2N3.HI/c1-21-17(23-12-10-18(13-23)8-2-3-9-18)22-11-7-14-15(19)5-4-6-16(14)20;/h4-6H,2-3,7-13H2,1H3,(H,21,22);1H. The number of nitrogens with zero attached hydrogens (tertiary/aromatic N) is 2. The molecule has 1 aliphatic heterocycles. The zero-order valence-electron chi connectivity index (χ0n) is 14.2. The summed E-state index contributed by atoms with van der Waals surface area (Å²) in [5.74, 6) is -0.105. The predicted molar refractivity (Wildman–Crippen MR) is 104 cm³/mol. The second kappa shape index (κ2) is 8.45. The van der Waals surface area contributed by atoms with Crippen molar-refractivity contribution in [1.82, 2.24) is 10.2 Å². The molecule has 1 saturated heterocycles. The van der Waals surface area contributed by atoms with Gasteiger partial charge in [0.25, 0.3) is 0 Å². The Balaban J connectivity index is 0.00000208. The van der Waals surface area contributed by atoms with E-state index in [0.29, 0.717) is 18.4 Å². The Morgan fingerprint density at radius 3 is 2.50 bits per heavy atom. The Morgan fingerprint density at radius 2 is 1.88 bits per heavy atom. The third-order valence-corrected chi connectivity index (χ3v) is 5.33. The van der Waals surface area contributed by atoms with Gasteiger partial charge in [-0.1, -0.05) is 18.9 Å². The van der Waals surface area contributed by atoms with Crippen molar-refractivity contribution in [3.8, 4) is 0 Å². The van der Waals surface area contributed by atoms with Gasteiger partial charge in [-0.3, -0.25) is 4.99 Å². The highest BCUT2D eigenvalue weighted by atomic mass is 127. The lowest BCUT2D eigenvalue weighted by molar-refractivity contribution is 0.309. The number of hydrogen-bond acceptors (Lipinski definition) is 1. The van der Waals surface area contributed by atoms with Gasteiger partial charge in [0.1, 0.15) is 11.6 Å². The van der Waals surface area contributed by atoms with Crippen LogP contribution in [0.2, 0.25) is 0 Å². The summed E-state index contributed by atoms with van der Waals surface area (Å²) >= 11 is 0. The zero-order chi connectivity index (χ0) is 16.3. The molecule has 0 atom stereocenters. The monoisotopic (exact) mass is 449 g/mol. The van der Waals surface area contributed by atoms with E-state index in [1.165, 1.54) is 50.3 Å². The van der Waals surface area contributed by atoms with E-state index >= 15 is 0 Å². The number of likely N-dealkylation sites (tertiary alicyclic amines) is 1. The van der Waals surface area contributed by atoms with Crippen LogP contribution in [0.3, 0.4) is 0 Å². The van der Waals surface area contributed by atoms with Crippen molar-refractivity contribution in [1.29, 1.82) is 0 Å². The van der Waals surface area contributed by atoms with Gasteiger partial charge in [0.2, 0.25) is 0 Å². The first-order valence-corrected chi connectivity index (χ1v) is 8.52. The molecule has 24 heavy (non-hydrogen) atoms. The van der Waals surface area contributed by atoms with Gasteiger partial charge in [0, 0.05) is 32.2 Å². The average Bonchev–Trinajstić information content (AvgIpc) is 3.17. The van der Waals surface area contributed by atoms with Gasteiger partial charge in [0.05, 0.1) is 0 Å². The van der Waals surface area contributed by atoms with Crippen LogP contribution >= 0.6 is 24.0 Å². The fourth-order valence-corrected chi connectivity index (χ4v) is 4.05. The van der Waals surface area contributed by atoms with Crippen molar-refractivity contribution in [2.75, 3.05) is 26.7 Å². The van der Waals surface area contributed by atoms with Gasteiger partial charge >= 0.3 is 0 Å². The molecule has 0 amide bonds. The highest BCUT2D eigenvalue weighted by Gasteiger charge is 2.40. The molecule has 134 valence electrons. The Bertz CT molecular complexity index is 565. The van der Waals surface area contributed by atoms with Crippen LogP contribution in [-0.4, -0.2) is 37.5 Å². The number of hydrogen-bond donors (Lipinski definition) is 1. The maximum absolute atomic E-state index is 13.6. The fourth-order valence-electron chi connectivity index (χ4n) is 4.05. The molecule has 1 aromatic carbocycles. The SMILES string of the molecule is CN=C(NCCc1c(F)cccc1F)N1CCC2(CCCC2)C1.I. The smallest absolute Gasteiger partial charge is 0.193 e. The van der Waals surface area contributed by atoms with E-state index < -0.39 is 11.6 Å². The molecule has 0 aromatic heterocycles. The Hall–Kier alpha value is -0.920. The summed E-state index contributed by atoms with van der Waals surface area (Å²) in [6, 6.07) is 4.00. The number of aliphatic imine (C=N–C) groups is 1. The second-order valence-corrected chi connectivity index (χ2v) is 6.80. The molecule has 0 unspecified atom stereocenters. The number of guanidine groups is 1. The highest BCUT2D eigenvalue weighted by molar-refractivity contribution is 14.0. The van der Waals surface area contributed by atoms with Gasteiger partial charge in [-0.25, -0.2) is 8.78 Å². The highest BCUT2D eigenvalue weighted by Crippen LogP contribution is 2.45. The van der Waals surface area contributed by atoms with Crippen molar-refractivity contribution in [3.05, 3.63) is 35.4 Å². The molecule has 3 rings (SSSR count). The van der Waals surface area contributed by atoms with Crippen molar-refractivity contribution < 1.29 is 8.78 Å². The van der Waals surface area contributed by atoms with Crippen LogP contribution in [0.5, 0.6) is 0 Å². The summed E-state index contributed by atoms with van der Waals surface area (Å²) in [4.78, 5) is 6.64. The zero-order valence-corrected chi connectivity index (χ0v) is 16.5. The maximum atomic E-state index is 13.6. The van der Waals surface area contributed by atoms with Gasteiger partial charge < -0.3 is 10.2 Å². The van der Waals surface area contributed by atoms with Crippen LogP contribution in [0.15, 0.2) is 23.2 Å². The van der Waals surface area contributed by atoms with E-state index in [-0.39, 0.29) is 29.5 Å². The maximum Gasteiger partial charge on any atom is 0.193 e. The fraction of sp³-hybridized carbons (Fsp3) is 0.611. The molecule has 1 spiro atoms. The molecule has 1 heterocycles. The number of nitrogens with one attached hydrogen (secondary N) is 1. The minimum atomic E-state index is -0.479. The van der Waals surface area contributed by atoms with Gasteiger partial charge in [-0.2, -0.15) is 0 Å². The third-order valence-electron chi connectivity index (χ3n) is 5.33. The Kier molecular flexibility index (Phi) is 6.83. The van der Waals surface area contributed by atoms with Gasteiger partial charge in [-0.15, -0.1) is 24.0 Å². The summed E-state index contributed by atoms with van der Waals surface area (Å²) in [6.45, 7) is 2.56. The summed E-state index contributed by atoms with van der Waals surface area (Å²) < 4.78 is 27.3. The van der Waals surface area contributed by atoms with Crippen molar-refractivity contribution in [2.24, 2.45) is 10.4 Å². The second-order valence-electron chi connectivity index (χ2n) is 6.80. The molecule has 1 saturated carbocycles. The molecular formula is C18H26F2IN3. The topological polar surface area (TPSA) is 27.6 Å². The Morgan fingerprint density at radius 1 is 1.21 bits per heavy atom. The quantitative estimate of drug-likeness (QED) is 0.430. The largest absolute Gasteiger partial charge is 0.356 e. The van der Waals surface area contributed by atoms with E-state index in [1.807, 2.05) is 0 Å². The summed E-state index contributed by atoms with van der Waals surface area (Å²) in [6.07, 6.45) is 6.87. The first-order valence-electron chi connectivity index (χ1n) is 8.52. The van der Waals surface area contributed by atoms with Crippen molar-refractivity contribution in [2.45, 2.75) is 38.5 Å². The van der Waals surface area contributed by atoms with Gasteiger partial charge in [0.15, 0.2) is 5.96 Å². The summed E-state index contributed by atoms with van der Waals surface area (Å²) in [7, 11) is 1.77. The molecule has 1 aliphatic carbocycles. The summed E-state index contributed by atoms with van der Waals surface area (Å²) in [5, 5.41) is 3.26. The minimum absolute atomic E-state index is 0. The summed E-state index contributed by atoms with van der Waals surface area (Å²) in [5.41, 5.74) is 0.624. The lowest BCUT2D eigenvalue weighted by Gasteiger charge is -2.26. The van der Waals surface area contributed by atoms with Crippen molar-refractivity contribution >= 4 is 29.9 Å². The van der Waals surface area contributed by atoms with Gasteiger partial charge in [-0.05, 0) is 43.2 Å². The molecular weight excluding hydrogens is 423 g/mol. The number of halogens is 3. The third kappa shape index (κ3) is 4.18. The van der Waals surface area contributed by atoms with Crippen LogP contribution in [0, 0.1) is 17.0 Å². The van der Waals surface area contributed by atoms with Crippen LogP contribution < -0.4 is 5.32 Å². The molecule has 6 heteroatoms. The van der Waals surface area contributed by atoms with E-state index in [4.69, 9.17) is 0 Å². The van der Waals surface area contributed by atoms with E-state index in [9.17, 15) is 8.78 Å². The van der Waals surface area contributed by atoms with Crippen LogP contribution in [0.25, 0.3) is 0 Å². The molecule has 0 radical (unpaired) electrons. The lowest BCUT2D eigenvalue weighted by Crippen LogP contribution is -2.41. The van der Waals surface area contributed by atoms with Crippen LogP contribution in [0.1, 0.15) is 37.7 Å². The predicted octanol–water partition coefficient (Wildman–Crippen LogP) is 3.97. The lowest BCUT2D eigenvalue weighted by atomic mass is 9.86. The molecule has 0 bridgehead atoms. The molecule has 2 aliphatic rings. The number of benzene rings is 1. The van der Waals surface area contributed by atoms with E-state index in [1.54, 1.807) is 7.05 Å². The Labute approximate surface area is 159 Å². The average molecular weight is 449 g/mol. The molecule has 1 N–H and O–H groups in total. The van der Waals surface area contributed by atoms with E-state index in [2.05, 4.69) is 15.2 Å². The van der Waals surface area contributed by atoms with Crippen LogP contribution in [-0.2, 0) is 6.42 Å².